The van der Waals surface area contributed by atoms with Crippen molar-refractivity contribution in [2.24, 2.45) is 0 Å². The van der Waals surface area contributed by atoms with Crippen molar-refractivity contribution in [3.05, 3.63) is 35.4 Å². The highest BCUT2D eigenvalue weighted by Gasteiger charge is 2.26. The molecule has 0 N–H and O–H groups in total. The number of aryl methyl sites for hydroxylation is 2. The minimum absolute atomic E-state index is 0.0423. The summed E-state index contributed by atoms with van der Waals surface area (Å²) in [6.07, 6.45) is 1.81. The molecule has 2 aliphatic heterocycles. The van der Waals surface area contributed by atoms with E-state index in [1.54, 1.807) is 0 Å². The van der Waals surface area contributed by atoms with Crippen LogP contribution >= 0.6 is 0 Å². The first-order chi connectivity index (χ1) is 13.1. The summed E-state index contributed by atoms with van der Waals surface area (Å²) < 4.78 is 10.9. The molecule has 2 aliphatic rings. The fraction of sp³-hybridized carbons (Fsp3) is 0.526. The van der Waals surface area contributed by atoms with Crippen LogP contribution in [0.3, 0.4) is 0 Å². The van der Waals surface area contributed by atoms with Gasteiger partial charge >= 0.3 is 0 Å². The molecule has 4 heterocycles. The zero-order chi connectivity index (χ0) is 18.8. The lowest BCUT2D eigenvalue weighted by Crippen LogP contribution is -2.49. The standard InChI is InChI=1S/C19H25N5O3/c1-14-13-16(15(2)27-14)18(25)23-7-5-22(6-8-23)17-3-4-20-19(21-17)24-9-11-26-12-10-24/h3-4,13H,5-12H2,1-2H3. The van der Waals surface area contributed by atoms with Gasteiger partial charge in [-0.25, -0.2) is 4.98 Å². The number of anilines is 2. The molecular formula is C19H25N5O3. The fourth-order valence-corrected chi connectivity index (χ4v) is 3.58. The van der Waals surface area contributed by atoms with E-state index in [1.807, 2.05) is 37.1 Å². The van der Waals surface area contributed by atoms with Crippen molar-refractivity contribution in [3.63, 3.8) is 0 Å². The predicted octanol–water partition coefficient (Wildman–Crippen LogP) is 1.49. The molecule has 0 radical (unpaired) electrons. The van der Waals surface area contributed by atoms with Gasteiger partial charge in [-0.1, -0.05) is 0 Å². The summed E-state index contributed by atoms with van der Waals surface area (Å²) in [7, 11) is 0. The quantitative estimate of drug-likeness (QED) is 0.809. The van der Waals surface area contributed by atoms with Crippen LogP contribution in [0.1, 0.15) is 21.9 Å². The number of aromatic nitrogens is 2. The number of amides is 1. The Morgan fingerprint density at radius 2 is 1.78 bits per heavy atom. The molecular weight excluding hydrogens is 346 g/mol. The van der Waals surface area contributed by atoms with E-state index in [0.717, 1.165) is 43.7 Å². The molecule has 8 heteroatoms. The first kappa shape index (κ1) is 17.8. The maximum absolute atomic E-state index is 12.7. The normalized spacial score (nSPS) is 18.1. The lowest BCUT2D eigenvalue weighted by Gasteiger charge is -2.35. The Kier molecular flexibility index (Phi) is 4.98. The van der Waals surface area contributed by atoms with Crippen molar-refractivity contribution in [1.29, 1.82) is 0 Å². The van der Waals surface area contributed by atoms with Crippen molar-refractivity contribution in [1.82, 2.24) is 14.9 Å². The molecule has 0 saturated carbocycles. The van der Waals surface area contributed by atoms with E-state index < -0.39 is 0 Å². The first-order valence-electron chi connectivity index (χ1n) is 9.39. The van der Waals surface area contributed by atoms with Crippen LogP contribution in [0.2, 0.25) is 0 Å². The zero-order valence-electron chi connectivity index (χ0n) is 15.8. The molecule has 27 heavy (non-hydrogen) atoms. The summed E-state index contributed by atoms with van der Waals surface area (Å²) in [6.45, 7) is 9.58. The molecule has 2 aromatic heterocycles. The van der Waals surface area contributed by atoms with Gasteiger partial charge in [0.25, 0.3) is 5.91 Å². The molecule has 0 aliphatic carbocycles. The number of hydrogen-bond donors (Lipinski definition) is 0. The number of furan rings is 1. The first-order valence-corrected chi connectivity index (χ1v) is 9.39. The third-order valence-corrected chi connectivity index (χ3v) is 5.08. The topological polar surface area (TPSA) is 74.9 Å². The van der Waals surface area contributed by atoms with Crippen LogP contribution in [-0.2, 0) is 4.74 Å². The van der Waals surface area contributed by atoms with E-state index in [1.165, 1.54) is 0 Å². The largest absolute Gasteiger partial charge is 0.466 e. The van der Waals surface area contributed by atoms with Crippen molar-refractivity contribution in [2.45, 2.75) is 13.8 Å². The van der Waals surface area contributed by atoms with Gasteiger partial charge < -0.3 is 23.9 Å². The molecule has 144 valence electrons. The summed E-state index contributed by atoms with van der Waals surface area (Å²) in [4.78, 5) is 28.1. The second-order valence-electron chi connectivity index (χ2n) is 6.92. The maximum atomic E-state index is 12.7. The van der Waals surface area contributed by atoms with Crippen LogP contribution in [0, 0.1) is 13.8 Å². The molecule has 0 unspecified atom stereocenters. The van der Waals surface area contributed by atoms with Gasteiger partial charge in [0.15, 0.2) is 0 Å². The Morgan fingerprint density at radius 1 is 1.04 bits per heavy atom. The van der Waals surface area contributed by atoms with Crippen molar-refractivity contribution in [3.8, 4) is 0 Å². The number of nitrogens with zero attached hydrogens (tertiary/aromatic N) is 5. The third-order valence-electron chi connectivity index (χ3n) is 5.08. The number of hydrogen-bond acceptors (Lipinski definition) is 7. The van der Waals surface area contributed by atoms with Gasteiger partial charge in [-0.3, -0.25) is 4.79 Å². The Balaban J connectivity index is 1.40. The smallest absolute Gasteiger partial charge is 0.257 e. The molecule has 0 aromatic carbocycles. The minimum atomic E-state index is 0.0423. The van der Waals surface area contributed by atoms with Crippen LogP contribution < -0.4 is 9.80 Å². The Hall–Kier alpha value is -2.61. The summed E-state index contributed by atoms with van der Waals surface area (Å²) in [5.74, 6) is 3.16. The van der Waals surface area contributed by atoms with Gasteiger partial charge in [0.05, 0.1) is 18.8 Å². The second-order valence-corrected chi connectivity index (χ2v) is 6.92. The molecule has 8 nitrogen and oxygen atoms in total. The lowest BCUT2D eigenvalue weighted by molar-refractivity contribution is 0.0744. The number of morpholine rings is 1. The molecule has 0 bridgehead atoms. The van der Waals surface area contributed by atoms with Crippen LogP contribution in [0.4, 0.5) is 11.8 Å². The van der Waals surface area contributed by atoms with E-state index in [9.17, 15) is 4.79 Å². The zero-order valence-corrected chi connectivity index (χ0v) is 15.8. The van der Waals surface area contributed by atoms with E-state index in [-0.39, 0.29) is 5.91 Å². The molecule has 2 aromatic rings. The summed E-state index contributed by atoms with van der Waals surface area (Å²) in [6, 6.07) is 3.76. The molecule has 1 amide bonds. The van der Waals surface area contributed by atoms with Crippen molar-refractivity contribution < 1.29 is 13.9 Å². The number of carbonyl (C=O) groups is 1. The van der Waals surface area contributed by atoms with E-state index in [0.29, 0.717) is 37.6 Å². The van der Waals surface area contributed by atoms with Crippen molar-refractivity contribution >= 4 is 17.7 Å². The van der Waals surface area contributed by atoms with Gasteiger partial charge in [-0.2, -0.15) is 4.98 Å². The number of ether oxygens (including phenoxy) is 1. The highest BCUT2D eigenvalue weighted by Crippen LogP contribution is 2.20. The molecule has 0 spiro atoms. The summed E-state index contributed by atoms with van der Waals surface area (Å²) >= 11 is 0. The average molecular weight is 371 g/mol. The van der Waals surface area contributed by atoms with Gasteiger partial charge in [0.1, 0.15) is 17.3 Å². The fourth-order valence-electron chi connectivity index (χ4n) is 3.58. The van der Waals surface area contributed by atoms with Gasteiger partial charge in [0, 0.05) is 45.5 Å². The number of piperazine rings is 1. The lowest BCUT2D eigenvalue weighted by atomic mass is 10.2. The number of carbonyl (C=O) groups excluding carboxylic acids is 1. The Morgan fingerprint density at radius 3 is 2.44 bits per heavy atom. The Bertz CT molecular complexity index is 807. The Labute approximate surface area is 158 Å². The van der Waals surface area contributed by atoms with Crippen LogP contribution in [-0.4, -0.2) is 73.3 Å². The second kappa shape index (κ2) is 7.56. The average Bonchev–Trinajstić information content (AvgIpc) is 3.06. The maximum Gasteiger partial charge on any atom is 0.257 e. The summed E-state index contributed by atoms with van der Waals surface area (Å²) in [5, 5.41) is 0. The predicted molar refractivity (Wildman–Crippen MR) is 101 cm³/mol. The molecule has 0 atom stereocenters. The van der Waals surface area contributed by atoms with Crippen LogP contribution in [0.5, 0.6) is 0 Å². The molecule has 2 saturated heterocycles. The van der Waals surface area contributed by atoms with Gasteiger partial charge in [-0.05, 0) is 26.0 Å². The minimum Gasteiger partial charge on any atom is -0.466 e. The summed E-state index contributed by atoms with van der Waals surface area (Å²) in [5.41, 5.74) is 0.664. The SMILES string of the molecule is Cc1cc(C(=O)N2CCN(c3ccnc(N4CCOCC4)n3)CC2)c(C)o1. The molecule has 2 fully saturated rings. The molecule has 4 rings (SSSR count). The van der Waals surface area contributed by atoms with Crippen LogP contribution in [0.15, 0.2) is 22.7 Å². The highest BCUT2D eigenvalue weighted by molar-refractivity contribution is 5.95. The van der Waals surface area contributed by atoms with Gasteiger partial charge in [-0.15, -0.1) is 0 Å². The number of rotatable bonds is 3. The van der Waals surface area contributed by atoms with E-state index in [4.69, 9.17) is 14.1 Å². The van der Waals surface area contributed by atoms with Crippen molar-refractivity contribution in [2.75, 3.05) is 62.3 Å². The van der Waals surface area contributed by atoms with E-state index in [2.05, 4.69) is 14.8 Å². The highest BCUT2D eigenvalue weighted by atomic mass is 16.5. The monoisotopic (exact) mass is 371 g/mol. The van der Waals surface area contributed by atoms with Crippen LogP contribution in [0.25, 0.3) is 0 Å². The van der Waals surface area contributed by atoms with E-state index >= 15 is 0 Å². The third kappa shape index (κ3) is 3.75. The van der Waals surface area contributed by atoms with Gasteiger partial charge in [0.2, 0.25) is 5.95 Å².